The van der Waals surface area contributed by atoms with Crippen LogP contribution in [0.1, 0.15) is 13.8 Å². The SMILES string of the molecule is CNC(=O)C(Nc1ncc([N+](=O)[O-])cc1Br)C(C)C. The molecule has 1 heterocycles. The van der Waals surface area contributed by atoms with Crippen LogP contribution in [0.5, 0.6) is 0 Å². The van der Waals surface area contributed by atoms with Crippen molar-refractivity contribution in [3.63, 3.8) is 0 Å². The standard InChI is InChI=1S/C11H15BrN4O3/c1-6(2)9(11(17)13-3)15-10-8(12)4-7(5-14-10)16(18)19/h4-6,9H,1-3H3,(H,13,17)(H,14,15). The summed E-state index contributed by atoms with van der Waals surface area (Å²) in [5.41, 5.74) is -0.113. The predicted molar refractivity (Wildman–Crippen MR) is 74.9 cm³/mol. The molecule has 0 aliphatic heterocycles. The van der Waals surface area contributed by atoms with Crippen LogP contribution in [0, 0.1) is 16.0 Å². The highest BCUT2D eigenvalue weighted by molar-refractivity contribution is 9.10. The first-order valence-electron chi connectivity index (χ1n) is 5.65. The van der Waals surface area contributed by atoms with Crippen LogP contribution in [0.3, 0.4) is 0 Å². The van der Waals surface area contributed by atoms with Crippen molar-refractivity contribution in [3.05, 3.63) is 26.9 Å². The number of halogens is 1. The zero-order valence-corrected chi connectivity index (χ0v) is 12.4. The molecule has 1 aromatic rings. The molecule has 1 aromatic heterocycles. The van der Waals surface area contributed by atoms with Gasteiger partial charge in [-0.2, -0.15) is 0 Å². The minimum atomic E-state index is -0.528. The maximum absolute atomic E-state index is 11.7. The second-order valence-corrected chi connectivity index (χ2v) is 5.12. The second kappa shape index (κ2) is 6.46. The van der Waals surface area contributed by atoms with Gasteiger partial charge in [-0.05, 0) is 21.8 Å². The maximum Gasteiger partial charge on any atom is 0.288 e. The summed E-state index contributed by atoms with van der Waals surface area (Å²) < 4.78 is 0.441. The van der Waals surface area contributed by atoms with Gasteiger partial charge < -0.3 is 10.6 Å². The van der Waals surface area contributed by atoms with E-state index in [1.165, 1.54) is 6.07 Å². The zero-order valence-electron chi connectivity index (χ0n) is 10.8. The molecule has 0 spiro atoms. The Morgan fingerprint density at radius 1 is 1.53 bits per heavy atom. The van der Waals surface area contributed by atoms with E-state index in [1.807, 2.05) is 13.8 Å². The van der Waals surface area contributed by atoms with Crippen LogP contribution in [0.4, 0.5) is 11.5 Å². The molecule has 1 rings (SSSR count). The number of aromatic nitrogens is 1. The second-order valence-electron chi connectivity index (χ2n) is 4.26. The van der Waals surface area contributed by atoms with Crippen LogP contribution in [0.25, 0.3) is 0 Å². The molecule has 7 nitrogen and oxygen atoms in total. The lowest BCUT2D eigenvalue weighted by Gasteiger charge is -2.21. The molecule has 8 heteroatoms. The third-order valence-electron chi connectivity index (χ3n) is 2.53. The van der Waals surface area contributed by atoms with Crippen molar-refractivity contribution < 1.29 is 9.72 Å². The molecule has 19 heavy (non-hydrogen) atoms. The number of anilines is 1. The number of amides is 1. The van der Waals surface area contributed by atoms with Crippen molar-refractivity contribution >= 4 is 33.3 Å². The lowest BCUT2D eigenvalue weighted by Crippen LogP contribution is -2.41. The summed E-state index contributed by atoms with van der Waals surface area (Å²) in [4.78, 5) is 25.8. The minimum Gasteiger partial charge on any atom is -0.357 e. The van der Waals surface area contributed by atoms with Gasteiger partial charge in [0.2, 0.25) is 5.91 Å². The van der Waals surface area contributed by atoms with Gasteiger partial charge in [-0.3, -0.25) is 14.9 Å². The molecule has 1 amide bonds. The third-order valence-corrected chi connectivity index (χ3v) is 3.13. The fourth-order valence-corrected chi connectivity index (χ4v) is 1.92. The highest BCUT2D eigenvalue weighted by atomic mass is 79.9. The molecular weight excluding hydrogens is 316 g/mol. The van der Waals surface area contributed by atoms with Gasteiger partial charge in [0.05, 0.1) is 9.40 Å². The third kappa shape index (κ3) is 3.88. The topological polar surface area (TPSA) is 97.2 Å². The van der Waals surface area contributed by atoms with E-state index >= 15 is 0 Å². The van der Waals surface area contributed by atoms with E-state index < -0.39 is 11.0 Å². The molecule has 0 radical (unpaired) electrons. The van der Waals surface area contributed by atoms with Gasteiger partial charge in [0.15, 0.2) is 0 Å². The van der Waals surface area contributed by atoms with Crippen LogP contribution >= 0.6 is 15.9 Å². The van der Waals surface area contributed by atoms with E-state index in [2.05, 4.69) is 31.5 Å². The number of carbonyl (C=O) groups excluding carboxylic acids is 1. The highest BCUT2D eigenvalue weighted by Gasteiger charge is 2.22. The van der Waals surface area contributed by atoms with Crippen LogP contribution < -0.4 is 10.6 Å². The first-order valence-corrected chi connectivity index (χ1v) is 6.44. The summed E-state index contributed by atoms with van der Waals surface area (Å²) in [5.74, 6) is 0.277. The Bertz CT molecular complexity index is 493. The summed E-state index contributed by atoms with van der Waals surface area (Å²) in [6.07, 6.45) is 1.15. The molecule has 1 unspecified atom stereocenters. The fraction of sp³-hybridized carbons (Fsp3) is 0.455. The molecular formula is C11H15BrN4O3. The quantitative estimate of drug-likeness (QED) is 0.635. The Kier molecular flexibility index (Phi) is 5.22. The van der Waals surface area contributed by atoms with Gasteiger partial charge >= 0.3 is 0 Å². The number of hydrogen-bond acceptors (Lipinski definition) is 5. The molecule has 0 fully saturated rings. The molecule has 0 saturated carbocycles. The van der Waals surface area contributed by atoms with E-state index in [1.54, 1.807) is 7.05 Å². The lowest BCUT2D eigenvalue weighted by atomic mass is 10.0. The van der Waals surface area contributed by atoms with Gasteiger partial charge in [-0.25, -0.2) is 4.98 Å². The van der Waals surface area contributed by atoms with Crippen molar-refractivity contribution in [3.8, 4) is 0 Å². The van der Waals surface area contributed by atoms with E-state index in [-0.39, 0.29) is 17.5 Å². The molecule has 0 aliphatic rings. The molecule has 1 atom stereocenters. The van der Waals surface area contributed by atoms with Gasteiger partial charge in [-0.15, -0.1) is 0 Å². The molecule has 0 aromatic carbocycles. The van der Waals surface area contributed by atoms with Crippen molar-refractivity contribution in [2.24, 2.45) is 5.92 Å². The Hall–Kier alpha value is -1.70. The first-order chi connectivity index (χ1) is 8.86. The lowest BCUT2D eigenvalue weighted by molar-refractivity contribution is -0.385. The van der Waals surface area contributed by atoms with Gasteiger partial charge in [0, 0.05) is 13.1 Å². The normalized spacial score (nSPS) is 12.1. The van der Waals surface area contributed by atoms with Gasteiger partial charge in [0.1, 0.15) is 18.1 Å². The molecule has 0 aliphatic carbocycles. The number of pyridine rings is 1. The number of nitro groups is 1. The van der Waals surface area contributed by atoms with Gasteiger partial charge in [0.25, 0.3) is 5.69 Å². The molecule has 104 valence electrons. The van der Waals surface area contributed by atoms with E-state index in [0.717, 1.165) is 6.20 Å². The minimum absolute atomic E-state index is 0.0452. The number of likely N-dealkylation sites (N-methyl/N-ethyl adjacent to an activating group) is 1. The van der Waals surface area contributed by atoms with Crippen molar-refractivity contribution in [1.82, 2.24) is 10.3 Å². The number of rotatable bonds is 5. The van der Waals surface area contributed by atoms with Crippen molar-refractivity contribution in [2.75, 3.05) is 12.4 Å². The predicted octanol–water partition coefficient (Wildman–Crippen LogP) is 1.93. The van der Waals surface area contributed by atoms with Crippen molar-refractivity contribution in [1.29, 1.82) is 0 Å². The molecule has 0 bridgehead atoms. The van der Waals surface area contributed by atoms with Crippen LogP contribution in [-0.4, -0.2) is 28.9 Å². The zero-order chi connectivity index (χ0) is 14.6. The summed E-state index contributed by atoms with van der Waals surface area (Å²) in [7, 11) is 1.55. The summed E-state index contributed by atoms with van der Waals surface area (Å²) >= 11 is 3.20. The monoisotopic (exact) mass is 330 g/mol. The summed E-state index contributed by atoms with van der Waals surface area (Å²) in [6.45, 7) is 3.79. The Morgan fingerprint density at radius 3 is 2.58 bits per heavy atom. The Labute approximate surface area is 119 Å². The average Bonchev–Trinajstić information content (AvgIpc) is 2.35. The molecule has 2 N–H and O–H groups in total. The largest absolute Gasteiger partial charge is 0.357 e. The number of nitrogens with zero attached hydrogens (tertiary/aromatic N) is 2. The van der Waals surface area contributed by atoms with Gasteiger partial charge in [-0.1, -0.05) is 13.8 Å². The Morgan fingerprint density at radius 2 is 2.16 bits per heavy atom. The highest BCUT2D eigenvalue weighted by Crippen LogP contribution is 2.25. The number of hydrogen-bond donors (Lipinski definition) is 2. The molecule has 0 saturated heterocycles. The first kappa shape index (κ1) is 15.4. The number of carbonyl (C=O) groups is 1. The fourth-order valence-electron chi connectivity index (χ4n) is 1.47. The van der Waals surface area contributed by atoms with Crippen LogP contribution in [0.2, 0.25) is 0 Å². The Balaban J connectivity index is 2.97. The van der Waals surface area contributed by atoms with E-state index in [9.17, 15) is 14.9 Å². The number of nitrogens with one attached hydrogen (secondary N) is 2. The maximum atomic E-state index is 11.7. The summed E-state index contributed by atoms with van der Waals surface area (Å²) in [6, 6.07) is 0.881. The van der Waals surface area contributed by atoms with Crippen LogP contribution in [0.15, 0.2) is 16.7 Å². The van der Waals surface area contributed by atoms with Crippen LogP contribution in [-0.2, 0) is 4.79 Å². The average molecular weight is 331 g/mol. The van der Waals surface area contributed by atoms with Crippen molar-refractivity contribution in [2.45, 2.75) is 19.9 Å². The van der Waals surface area contributed by atoms with E-state index in [4.69, 9.17) is 0 Å². The summed E-state index contributed by atoms with van der Waals surface area (Å²) in [5, 5.41) is 16.1. The smallest absolute Gasteiger partial charge is 0.288 e. The van der Waals surface area contributed by atoms with E-state index in [0.29, 0.717) is 10.3 Å².